The van der Waals surface area contributed by atoms with Crippen LogP contribution in [0.5, 0.6) is 0 Å². The van der Waals surface area contributed by atoms with E-state index >= 15 is 0 Å². The number of nitrogens with one attached hydrogen (secondary N) is 2. The molecule has 0 spiro atoms. The van der Waals surface area contributed by atoms with E-state index < -0.39 is 5.97 Å². The van der Waals surface area contributed by atoms with Gasteiger partial charge in [0.15, 0.2) is 0 Å². The van der Waals surface area contributed by atoms with E-state index in [1.807, 2.05) is 14.1 Å². The molecule has 1 aromatic carbocycles. The first-order chi connectivity index (χ1) is 11.9. The number of carbonyl (C=O) groups excluding carboxylic acids is 1. The molecule has 2 rings (SSSR count). The van der Waals surface area contributed by atoms with E-state index in [1.165, 1.54) is 10.4 Å². The first kappa shape index (κ1) is 19.0. The number of carbonyl (C=O) groups is 2. The van der Waals surface area contributed by atoms with Crippen molar-refractivity contribution in [1.82, 2.24) is 10.2 Å². The van der Waals surface area contributed by atoms with Crippen molar-refractivity contribution in [2.45, 2.75) is 13.0 Å². The number of benzene rings is 1. The Morgan fingerprint density at radius 1 is 1.28 bits per heavy atom. The van der Waals surface area contributed by atoms with Crippen molar-refractivity contribution in [1.29, 1.82) is 0 Å². The van der Waals surface area contributed by atoms with Crippen molar-refractivity contribution in [2.24, 2.45) is 0 Å². The van der Waals surface area contributed by atoms with E-state index in [0.29, 0.717) is 17.8 Å². The van der Waals surface area contributed by atoms with Crippen LogP contribution >= 0.6 is 11.3 Å². The van der Waals surface area contributed by atoms with E-state index in [1.54, 1.807) is 35.6 Å². The molecule has 0 saturated carbocycles. The Morgan fingerprint density at radius 2 is 2.04 bits per heavy atom. The summed E-state index contributed by atoms with van der Waals surface area (Å²) < 4.78 is 0. The lowest BCUT2D eigenvalue weighted by molar-refractivity contribution is -0.134. The van der Waals surface area contributed by atoms with Gasteiger partial charge >= 0.3 is 5.97 Å². The molecule has 3 N–H and O–H groups in total. The number of rotatable bonds is 8. The molecule has 25 heavy (non-hydrogen) atoms. The number of hydrogen-bond donors (Lipinski definition) is 3. The zero-order chi connectivity index (χ0) is 18.4. The first-order valence-corrected chi connectivity index (χ1v) is 8.80. The SMILES string of the molecule is Cc1ccsc1C(CNC(=O)c1cccc(NCC(=O)O)c1)N(C)C. The molecule has 1 amide bonds. The molecule has 0 saturated heterocycles. The molecule has 1 heterocycles. The predicted molar refractivity (Wildman–Crippen MR) is 100 cm³/mol. The fourth-order valence-electron chi connectivity index (χ4n) is 2.48. The second-order valence-corrected chi connectivity index (χ2v) is 6.93. The summed E-state index contributed by atoms with van der Waals surface area (Å²) in [6.07, 6.45) is 0. The minimum atomic E-state index is -0.949. The minimum Gasteiger partial charge on any atom is -0.480 e. The van der Waals surface area contributed by atoms with Gasteiger partial charge in [0, 0.05) is 22.7 Å². The maximum absolute atomic E-state index is 12.4. The van der Waals surface area contributed by atoms with Crippen LogP contribution in [-0.2, 0) is 4.79 Å². The van der Waals surface area contributed by atoms with Gasteiger partial charge in [0.25, 0.3) is 5.91 Å². The number of hydrogen-bond acceptors (Lipinski definition) is 5. The summed E-state index contributed by atoms with van der Waals surface area (Å²) in [6, 6.07) is 9.01. The second kappa shape index (κ2) is 8.64. The van der Waals surface area contributed by atoms with E-state index in [4.69, 9.17) is 5.11 Å². The van der Waals surface area contributed by atoms with Crippen molar-refractivity contribution in [3.05, 3.63) is 51.7 Å². The molecular weight excluding hydrogens is 338 g/mol. The highest BCUT2D eigenvalue weighted by Crippen LogP contribution is 2.26. The van der Waals surface area contributed by atoms with Crippen LogP contribution in [0.4, 0.5) is 5.69 Å². The Balaban J connectivity index is 2.02. The quantitative estimate of drug-likeness (QED) is 0.673. The summed E-state index contributed by atoms with van der Waals surface area (Å²) in [5.74, 6) is -1.13. The standard InChI is InChI=1S/C18H23N3O3S/c1-12-7-8-25-17(12)15(21(2)3)10-20-18(24)13-5-4-6-14(9-13)19-11-16(22)23/h4-9,15,19H,10-11H2,1-3H3,(H,20,24)(H,22,23). The van der Waals surface area contributed by atoms with E-state index in [0.717, 1.165) is 0 Å². The number of amides is 1. The molecular formula is C18H23N3O3S. The third kappa shape index (κ3) is 5.30. The van der Waals surface area contributed by atoms with Crippen molar-refractivity contribution in [3.63, 3.8) is 0 Å². The fourth-order valence-corrected chi connectivity index (χ4v) is 3.60. The lowest BCUT2D eigenvalue weighted by Crippen LogP contribution is -2.34. The Kier molecular flexibility index (Phi) is 6.55. The lowest BCUT2D eigenvalue weighted by atomic mass is 10.1. The molecule has 0 aliphatic carbocycles. The van der Waals surface area contributed by atoms with E-state index in [2.05, 4.69) is 33.9 Å². The summed E-state index contributed by atoms with van der Waals surface area (Å²) in [4.78, 5) is 26.4. The molecule has 1 aromatic heterocycles. The van der Waals surface area contributed by atoms with Gasteiger partial charge in [-0.3, -0.25) is 9.59 Å². The van der Waals surface area contributed by atoms with Gasteiger partial charge in [0.2, 0.25) is 0 Å². The maximum Gasteiger partial charge on any atom is 0.322 e. The lowest BCUT2D eigenvalue weighted by Gasteiger charge is -2.24. The van der Waals surface area contributed by atoms with Crippen LogP contribution in [0.2, 0.25) is 0 Å². The minimum absolute atomic E-state index is 0.109. The maximum atomic E-state index is 12.4. The van der Waals surface area contributed by atoms with Crippen LogP contribution in [0.1, 0.15) is 26.8 Å². The highest BCUT2D eigenvalue weighted by Gasteiger charge is 2.19. The Labute approximate surface area is 151 Å². The molecule has 2 aromatic rings. The average molecular weight is 361 g/mol. The van der Waals surface area contributed by atoms with Crippen LogP contribution < -0.4 is 10.6 Å². The molecule has 0 bridgehead atoms. The number of carboxylic acids is 1. The van der Waals surface area contributed by atoms with Crippen LogP contribution in [0.25, 0.3) is 0 Å². The zero-order valence-electron chi connectivity index (χ0n) is 14.6. The average Bonchev–Trinajstić information content (AvgIpc) is 2.99. The number of aryl methyl sites for hydroxylation is 1. The Bertz CT molecular complexity index is 743. The summed E-state index contributed by atoms with van der Waals surface area (Å²) >= 11 is 1.69. The van der Waals surface area contributed by atoms with Crippen LogP contribution in [0.3, 0.4) is 0 Å². The molecule has 1 atom stereocenters. The van der Waals surface area contributed by atoms with E-state index in [-0.39, 0.29) is 18.5 Å². The van der Waals surface area contributed by atoms with Gasteiger partial charge in [-0.15, -0.1) is 11.3 Å². The Hall–Kier alpha value is -2.38. The van der Waals surface area contributed by atoms with Crippen molar-refractivity contribution in [2.75, 3.05) is 32.5 Å². The first-order valence-electron chi connectivity index (χ1n) is 7.93. The van der Waals surface area contributed by atoms with Gasteiger partial charge in [-0.2, -0.15) is 0 Å². The molecule has 0 aliphatic rings. The van der Waals surface area contributed by atoms with Crippen molar-refractivity contribution < 1.29 is 14.7 Å². The number of thiophene rings is 1. The number of likely N-dealkylation sites (N-methyl/N-ethyl adjacent to an activating group) is 1. The fraction of sp³-hybridized carbons (Fsp3) is 0.333. The number of anilines is 1. The number of aliphatic carboxylic acids is 1. The predicted octanol–water partition coefficient (Wildman–Crippen LogP) is 2.59. The molecule has 7 heteroatoms. The number of nitrogens with zero attached hydrogens (tertiary/aromatic N) is 1. The normalized spacial score (nSPS) is 12.0. The van der Waals surface area contributed by atoms with Crippen LogP contribution in [-0.4, -0.2) is 49.1 Å². The molecule has 0 aliphatic heterocycles. The Morgan fingerprint density at radius 3 is 2.64 bits per heavy atom. The summed E-state index contributed by atoms with van der Waals surface area (Å²) in [7, 11) is 3.98. The molecule has 6 nitrogen and oxygen atoms in total. The highest BCUT2D eigenvalue weighted by molar-refractivity contribution is 7.10. The number of carboxylic acid groups (broad SMARTS) is 1. The second-order valence-electron chi connectivity index (χ2n) is 5.99. The monoisotopic (exact) mass is 361 g/mol. The van der Waals surface area contributed by atoms with Crippen LogP contribution in [0, 0.1) is 6.92 Å². The smallest absolute Gasteiger partial charge is 0.322 e. The van der Waals surface area contributed by atoms with Gasteiger partial charge < -0.3 is 20.6 Å². The van der Waals surface area contributed by atoms with Crippen molar-refractivity contribution in [3.8, 4) is 0 Å². The summed E-state index contributed by atoms with van der Waals surface area (Å²) in [5, 5.41) is 16.5. The molecule has 0 radical (unpaired) electrons. The third-order valence-electron chi connectivity index (χ3n) is 3.85. The van der Waals surface area contributed by atoms with E-state index in [9.17, 15) is 9.59 Å². The van der Waals surface area contributed by atoms with Gasteiger partial charge in [0.05, 0.1) is 6.04 Å². The molecule has 0 fully saturated rings. The van der Waals surface area contributed by atoms with Crippen molar-refractivity contribution >= 4 is 28.9 Å². The molecule has 134 valence electrons. The third-order valence-corrected chi connectivity index (χ3v) is 4.97. The summed E-state index contributed by atoms with van der Waals surface area (Å²) in [5.41, 5.74) is 2.32. The topological polar surface area (TPSA) is 81.7 Å². The largest absolute Gasteiger partial charge is 0.480 e. The van der Waals surface area contributed by atoms with Gasteiger partial charge in [0.1, 0.15) is 6.54 Å². The zero-order valence-corrected chi connectivity index (χ0v) is 15.4. The van der Waals surface area contributed by atoms with Gasteiger partial charge in [-0.1, -0.05) is 6.07 Å². The van der Waals surface area contributed by atoms with Gasteiger partial charge in [-0.25, -0.2) is 0 Å². The molecule has 1 unspecified atom stereocenters. The summed E-state index contributed by atoms with van der Waals surface area (Å²) in [6.45, 7) is 2.38. The van der Waals surface area contributed by atoms with Gasteiger partial charge in [-0.05, 0) is 56.2 Å². The highest BCUT2D eigenvalue weighted by atomic mass is 32.1. The van der Waals surface area contributed by atoms with Crippen LogP contribution in [0.15, 0.2) is 35.7 Å².